The number of anilines is 1. The Balaban J connectivity index is 2.68. The van der Waals surface area contributed by atoms with Gasteiger partial charge in [0.1, 0.15) is 0 Å². The summed E-state index contributed by atoms with van der Waals surface area (Å²) in [6, 6.07) is 3.72. The van der Waals surface area contributed by atoms with E-state index in [1.54, 1.807) is 0 Å². The number of hydrogen-bond donors (Lipinski definition) is 0. The summed E-state index contributed by atoms with van der Waals surface area (Å²) < 4.78 is 38.1. The highest BCUT2D eigenvalue weighted by Crippen LogP contribution is 2.35. The lowest BCUT2D eigenvalue weighted by Crippen LogP contribution is -2.19. The molecule has 108 valence electrons. The minimum atomic E-state index is -4.31. The van der Waals surface area contributed by atoms with E-state index in [4.69, 9.17) is 11.6 Å². The second-order valence-corrected chi connectivity index (χ2v) is 5.57. The molecule has 1 aromatic rings. The summed E-state index contributed by atoms with van der Waals surface area (Å²) in [7, 11) is 1.87. The van der Waals surface area contributed by atoms with Crippen LogP contribution in [0.2, 0.25) is 0 Å². The summed E-state index contributed by atoms with van der Waals surface area (Å²) in [5.41, 5.74) is 0.123. The zero-order valence-corrected chi connectivity index (χ0v) is 12.9. The highest BCUT2D eigenvalue weighted by atomic mass is 79.9. The molecular formula is C13H16BrClF3N. The Kier molecular flexibility index (Phi) is 6.47. The SMILES string of the molecule is CN(CCCCCCl)c1ccc(C(F)(F)F)cc1Br. The Bertz CT molecular complexity index is 409. The lowest BCUT2D eigenvalue weighted by Gasteiger charge is -2.21. The topological polar surface area (TPSA) is 3.24 Å². The van der Waals surface area contributed by atoms with Crippen LogP contribution in [0.5, 0.6) is 0 Å². The van der Waals surface area contributed by atoms with Crippen LogP contribution in [-0.2, 0) is 6.18 Å². The second-order valence-electron chi connectivity index (χ2n) is 4.34. The number of unbranched alkanes of at least 4 members (excludes halogenated alkanes) is 2. The Labute approximate surface area is 124 Å². The quantitative estimate of drug-likeness (QED) is 0.492. The minimum absolute atomic E-state index is 0.460. The second kappa shape index (κ2) is 7.39. The number of hydrogen-bond acceptors (Lipinski definition) is 1. The fourth-order valence-electron chi connectivity index (χ4n) is 1.73. The molecule has 19 heavy (non-hydrogen) atoms. The fraction of sp³-hybridized carbons (Fsp3) is 0.538. The van der Waals surface area contributed by atoms with Crippen LogP contribution in [0.1, 0.15) is 24.8 Å². The molecule has 0 fully saturated rings. The van der Waals surface area contributed by atoms with E-state index >= 15 is 0 Å². The van der Waals surface area contributed by atoms with Crippen LogP contribution in [0.3, 0.4) is 0 Å². The number of halogens is 5. The maximum absolute atomic E-state index is 12.5. The molecule has 0 N–H and O–H groups in total. The van der Waals surface area contributed by atoms with Gasteiger partial charge >= 0.3 is 6.18 Å². The van der Waals surface area contributed by atoms with Gasteiger partial charge in [0.25, 0.3) is 0 Å². The first-order chi connectivity index (χ1) is 8.86. The first-order valence-electron chi connectivity index (χ1n) is 6.00. The molecule has 0 atom stereocenters. The number of nitrogens with zero attached hydrogens (tertiary/aromatic N) is 1. The van der Waals surface area contributed by atoms with Gasteiger partial charge in [-0.2, -0.15) is 13.2 Å². The normalized spacial score (nSPS) is 11.7. The van der Waals surface area contributed by atoms with Gasteiger partial charge in [-0.25, -0.2) is 0 Å². The van der Waals surface area contributed by atoms with Crippen molar-refractivity contribution in [1.29, 1.82) is 0 Å². The van der Waals surface area contributed by atoms with E-state index < -0.39 is 11.7 Å². The largest absolute Gasteiger partial charge is 0.416 e. The van der Waals surface area contributed by atoms with Crippen LogP contribution < -0.4 is 4.90 Å². The molecule has 6 heteroatoms. The predicted octanol–water partition coefficient (Wildman–Crippen LogP) is 5.31. The Morgan fingerprint density at radius 3 is 2.42 bits per heavy atom. The van der Waals surface area contributed by atoms with Crippen molar-refractivity contribution >= 4 is 33.2 Å². The van der Waals surface area contributed by atoms with Crippen LogP contribution in [0.25, 0.3) is 0 Å². The van der Waals surface area contributed by atoms with Crippen molar-refractivity contribution in [2.45, 2.75) is 25.4 Å². The maximum Gasteiger partial charge on any atom is 0.416 e. The van der Waals surface area contributed by atoms with E-state index in [0.29, 0.717) is 10.4 Å². The van der Waals surface area contributed by atoms with E-state index in [0.717, 1.165) is 43.6 Å². The molecule has 0 aliphatic heterocycles. The van der Waals surface area contributed by atoms with Gasteiger partial charge < -0.3 is 4.90 Å². The van der Waals surface area contributed by atoms with Crippen LogP contribution in [0.4, 0.5) is 18.9 Å². The van der Waals surface area contributed by atoms with Gasteiger partial charge in [-0.3, -0.25) is 0 Å². The van der Waals surface area contributed by atoms with Crippen molar-refractivity contribution in [3.05, 3.63) is 28.2 Å². The molecule has 0 spiro atoms. The third-order valence-electron chi connectivity index (χ3n) is 2.81. The molecule has 0 aliphatic rings. The van der Waals surface area contributed by atoms with Gasteiger partial charge in [0.2, 0.25) is 0 Å². The van der Waals surface area contributed by atoms with Crippen molar-refractivity contribution in [3.8, 4) is 0 Å². The molecule has 0 radical (unpaired) electrons. The smallest absolute Gasteiger partial charge is 0.374 e. The zero-order chi connectivity index (χ0) is 14.5. The molecule has 1 aromatic carbocycles. The summed E-state index contributed by atoms with van der Waals surface area (Å²) in [5.74, 6) is 0.647. The van der Waals surface area contributed by atoms with Crippen molar-refractivity contribution in [2.75, 3.05) is 24.4 Å². The highest BCUT2D eigenvalue weighted by molar-refractivity contribution is 9.10. The summed E-state index contributed by atoms with van der Waals surface area (Å²) in [6.45, 7) is 0.793. The van der Waals surface area contributed by atoms with E-state index in [-0.39, 0.29) is 0 Å². The molecule has 0 unspecified atom stereocenters. The molecule has 0 aliphatic carbocycles. The van der Waals surface area contributed by atoms with Gasteiger partial charge in [0, 0.05) is 23.9 Å². The first kappa shape index (κ1) is 16.6. The van der Waals surface area contributed by atoms with E-state index in [1.807, 2.05) is 11.9 Å². The average molecular weight is 359 g/mol. The lowest BCUT2D eigenvalue weighted by molar-refractivity contribution is -0.137. The number of rotatable bonds is 6. The van der Waals surface area contributed by atoms with Crippen LogP contribution >= 0.6 is 27.5 Å². The van der Waals surface area contributed by atoms with Crippen molar-refractivity contribution in [3.63, 3.8) is 0 Å². The fourth-order valence-corrected chi connectivity index (χ4v) is 2.60. The molecule has 0 saturated carbocycles. The van der Waals surface area contributed by atoms with Crippen LogP contribution in [-0.4, -0.2) is 19.5 Å². The van der Waals surface area contributed by atoms with Gasteiger partial charge in [0.15, 0.2) is 0 Å². The van der Waals surface area contributed by atoms with Crippen LogP contribution in [0.15, 0.2) is 22.7 Å². The molecule has 1 nitrogen and oxygen atoms in total. The first-order valence-corrected chi connectivity index (χ1v) is 7.33. The van der Waals surface area contributed by atoms with Crippen molar-refractivity contribution < 1.29 is 13.2 Å². The van der Waals surface area contributed by atoms with Gasteiger partial charge in [-0.05, 0) is 47.0 Å². The Morgan fingerprint density at radius 2 is 1.89 bits per heavy atom. The monoisotopic (exact) mass is 357 g/mol. The molecule has 1 rings (SSSR count). The molecule has 0 heterocycles. The average Bonchev–Trinajstić information content (AvgIpc) is 2.33. The van der Waals surface area contributed by atoms with Crippen molar-refractivity contribution in [2.24, 2.45) is 0 Å². The Morgan fingerprint density at radius 1 is 1.21 bits per heavy atom. The molecular weight excluding hydrogens is 343 g/mol. The van der Waals surface area contributed by atoms with Crippen molar-refractivity contribution in [1.82, 2.24) is 0 Å². The Hall–Kier alpha value is -0.420. The van der Waals surface area contributed by atoms with Gasteiger partial charge in [-0.15, -0.1) is 11.6 Å². The summed E-state index contributed by atoms with van der Waals surface area (Å²) in [5, 5.41) is 0. The summed E-state index contributed by atoms with van der Waals surface area (Å²) in [6.07, 6.45) is -1.35. The van der Waals surface area contributed by atoms with Crippen LogP contribution in [0, 0.1) is 0 Å². The van der Waals surface area contributed by atoms with E-state index in [2.05, 4.69) is 15.9 Å². The molecule has 0 saturated heterocycles. The summed E-state index contributed by atoms with van der Waals surface area (Å²) in [4.78, 5) is 1.94. The van der Waals surface area contributed by atoms with Gasteiger partial charge in [-0.1, -0.05) is 6.42 Å². The number of benzene rings is 1. The third kappa shape index (κ3) is 5.22. The predicted molar refractivity (Wildman–Crippen MR) is 77.0 cm³/mol. The molecule has 0 amide bonds. The zero-order valence-electron chi connectivity index (χ0n) is 10.6. The number of alkyl halides is 4. The van der Waals surface area contributed by atoms with E-state index in [1.165, 1.54) is 6.07 Å². The minimum Gasteiger partial charge on any atom is -0.374 e. The van der Waals surface area contributed by atoms with Gasteiger partial charge in [0.05, 0.1) is 11.3 Å². The third-order valence-corrected chi connectivity index (χ3v) is 3.72. The van der Waals surface area contributed by atoms with E-state index in [9.17, 15) is 13.2 Å². The summed E-state index contributed by atoms with van der Waals surface area (Å²) >= 11 is 8.79. The lowest BCUT2D eigenvalue weighted by atomic mass is 10.2. The molecule has 0 aromatic heterocycles. The standard InChI is InChI=1S/C13H16BrClF3N/c1-19(8-4-2-3-7-15)12-6-5-10(9-11(12)14)13(16,17)18/h5-6,9H,2-4,7-8H2,1H3. The maximum atomic E-state index is 12.5. The highest BCUT2D eigenvalue weighted by Gasteiger charge is 2.30. The molecule has 0 bridgehead atoms.